The fourth-order valence-electron chi connectivity index (χ4n) is 3.07. The molecule has 0 aliphatic carbocycles. The van der Waals surface area contributed by atoms with E-state index in [0.717, 1.165) is 23.3 Å². The van der Waals surface area contributed by atoms with Crippen LogP contribution in [0.4, 0.5) is 0 Å². The van der Waals surface area contributed by atoms with E-state index >= 15 is 0 Å². The third-order valence-corrected chi connectivity index (χ3v) is 4.32. The van der Waals surface area contributed by atoms with Gasteiger partial charge in [0.05, 0.1) is 0 Å². The van der Waals surface area contributed by atoms with Gasteiger partial charge in [-0.1, -0.05) is 60.7 Å². The lowest BCUT2D eigenvalue weighted by Crippen LogP contribution is -2.33. The summed E-state index contributed by atoms with van der Waals surface area (Å²) in [6, 6.07) is 27.4. The first-order valence-corrected chi connectivity index (χ1v) is 8.30. The van der Waals surface area contributed by atoms with Crippen molar-refractivity contribution >= 4 is 11.0 Å². The fourth-order valence-corrected chi connectivity index (χ4v) is 3.07. The van der Waals surface area contributed by atoms with Crippen molar-refractivity contribution in [3.63, 3.8) is 0 Å². The van der Waals surface area contributed by atoms with Crippen molar-refractivity contribution in [3.05, 3.63) is 85.1 Å². The second-order valence-electron chi connectivity index (χ2n) is 5.85. The first-order valence-electron chi connectivity index (χ1n) is 8.30. The Balaban J connectivity index is 1.86. The van der Waals surface area contributed by atoms with Crippen molar-refractivity contribution in [1.82, 2.24) is 4.98 Å². The van der Waals surface area contributed by atoms with Crippen molar-refractivity contribution in [1.29, 1.82) is 0 Å². The van der Waals surface area contributed by atoms with Crippen LogP contribution in [0.2, 0.25) is 0 Å². The summed E-state index contributed by atoms with van der Waals surface area (Å²) < 4.78 is 2.26. The Morgan fingerprint density at radius 1 is 0.750 bits per heavy atom. The van der Waals surface area contributed by atoms with Gasteiger partial charge in [-0.2, -0.15) is 4.57 Å². The van der Waals surface area contributed by atoms with Gasteiger partial charge in [-0.15, -0.1) is 0 Å². The van der Waals surface area contributed by atoms with Crippen molar-refractivity contribution in [3.8, 4) is 22.4 Å². The van der Waals surface area contributed by atoms with E-state index < -0.39 is 0 Å². The Bertz CT molecular complexity index is 991. The molecule has 0 aliphatic rings. The Labute approximate surface area is 142 Å². The SMILES string of the molecule is CC[n+]1cc(-c2cccc(-c3ccccc3)c2)nc2ccccc21. The van der Waals surface area contributed by atoms with Gasteiger partial charge in [-0.3, -0.25) is 0 Å². The summed E-state index contributed by atoms with van der Waals surface area (Å²) in [5.41, 5.74) is 6.79. The number of hydrogen-bond acceptors (Lipinski definition) is 1. The van der Waals surface area contributed by atoms with Gasteiger partial charge < -0.3 is 0 Å². The van der Waals surface area contributed by atoms with Gasteiger partial charge in [0.15, 0.2) is 6.20 Å². The highest BCUT2D eigenvalue weighted by atomic mass is 15.0. The third kappa shape index (κ3) is 2.67. The molecule has 0 bridgehead atoms. The second-order valence-corrected chi connectivity index (χ2v) is 5.85. The fraction of sp³-hybridized carbons (Fsp3) is 0.0909. The maximum atomic E-state index is 4.87. The standard InChI is InChI=1S/C22H19N2/c1-2-24-16-21(23-20-13-6-7-14-22(20)24)19-12-8-11-18(15-19)17-9-4-3-5-10-17/h3-16H,2H2,1H3/q+1. The van der Waals surface area contributed by atoms with Crippen LogP contribution >= 0.6 is 0 Å². The zero-order valence-electron chi connectivity index (χ0n) is 13.7. The van der Waals surface area contributed by atoms with Crippen LogP contribution < -0.4 is 4.57 Å². The van der Waals surface area contributed by atoms with Crippen LogP contribution in [0.25, 0.3) is 33.4 Å². The minimum absolute atomic E-state index is 0.925. The molecule has 0 spiro atoms. The summed E-state index contributed by atoms with van der Waals surface area (Å²) >= 11 is 0. The monoisotopic (exact) mass is 311 g/mol. The Morgan fingerprint density at radius 2 is 1.46 bits per heavy atom. The molecule has 24 heavy (non-hydrogen) atoms. The van der Waals surface area contributed by atoms with Gasteiger partial charge >= 0.3 is 0 Å². The second kappa shape index (κ2) is 6.25. The molecule has 3 aromatic carbocycles. The molecule has 0 atom stereocenters. The summed E-state index contributed by atoms with van der Waals surface area (Å²) in [5, 5.41) is 0. The van der Waals surface area contributed by atoms with Gasteiger partial charge in [-0.05, 0) is 30.2 Å². The maximum absolute atomic E-state index is 4.87. The molecule has 0 N–H and O–H groups in total. The zero-order chi connectivity index (χ0) is 16.4. The Morgan fingerprint density at radius 3 is 2.29 bits per heavy atom. The lowest BCUT2D eigenvalue weighted by molar-refractivity contribution is -0.667. The predicted molar refractivity (Wildman–Crippen MR) is 98.5 cm³/mol. The molecule has 2 nitrogen and oxygen atoms in total. The summed E-state index contributed by atoms with van der Waals surface area (Å²) in [4.78, 5) is 4.87. The van der Waals surface area contributed by atoms with E-state index in [0.29, 0.717) is 0 Å². The highest BCUT2D eigenvalue weighted by Crippen LogP contribution is 2.25. The summed E-state index contributed by atoms with van der Waals surface area (Å²) in [7, 11) is 0. The largest absolute Gasteiger partial charge is 0.235 e. The number of benzene rings is 3. The first kappa shape index (κ1) is 14.6. The number of aromatic nitrogens is 2. The normalized spacial score (nSPS) is 10.9. The Kier molecular flexibility index (Phi) is 3.80. The molecule has 0 saturated heterocycles. The highest BCUT2D eigenvalue weighted by molar-refractivity contribution is 5.76. The molecule has 2 heteroatoms. The smallest absolute Gasteiger partial charge is 0.231 e. The molecule has 0 fully saturated rings. The summed E-state index contributed by atoms with van der Waals surface area (Å²) in [5.74, 6) is 0. The molecule has 0 saturated carbocycles. The van der Waals surface area contributed by atoms with Crippen LogP contribution in [-0.2, 0) is 6.54 Å². The van der Waals surface area contributed by atoms with Crippen LogP contribution in [0.3, 0.4) is 0 Å². The highest BCUT2D eigenvalue weighted by Gasteiger charge is 2.12. The first-order chi connectivity index (χ1) is 11.8. The van der Waals surface area contributed by atoms with Crippen LogP contribution in [0.1, 0.15) is 6.92 Å². The predicted octanol–water partition coefficient (Wildman–Crippen LogP) is 4.88. The average molecular weight is 311 g/mol. The van der Waals surface area contributed by atoms with Crippen molar-refractivity contribution in [2.45, 2.75) is 13.5 Å². The number of nitrogens with zero attached hydrogens (tertiary/aromatic N) is 2. The van der Waals surface area contributed by atoms with E-state index in [4.69, 9.17) is 4.98 Å². The van der Waals surface area contributed by atoms with Gasteiger partial charge in [0.1, 0.15) is 17.8 Å². The van der Waals surface area contributed by atoms with Crippen molar-refractivity contribution < 1.29 is 4.57 Å². The molecule has 1 aromatic heterocycles. The summed E-state index contributed by atoms with van der Waals surface area (Å²) in [6.07, 6.45) is 2.15. The third-order valence-electron chi connectivity index (χ3n) is 4.32. The zero-order valence-corrected chi connectivity index (χ0v) is 13.7. The van der Waals surface area contributed by atoms with Gasteiger partial charge in [0.2, 0.25) is 5.52 Å². The van der Waals surface area contributed by atoms with Gasteiger partial charge in [0.25, 0.3) is 0 Å². The minimum Gasteiger partial charge on any atom is -0.235 e. The molecule has 4 aromatic rings. The molecule has 1 heterocycles. The topological polar surface area (TPSA) is 16.8 Å². The summed E-state index contributed by atoms with van der Waals surface area (Å²) in [6.45, 7) is 3.09. The number of fused-ring (bicyclic) bond motifs is 1. The van der Waals surface area contributed by atoms with Crippen LogP contribution in [0, 0.1) is 0 Å². The molecule has 0 amide bonds. The van der Waals surface area contributed by atoms with Crippen LogP contribution in [0.15, 0.2) is 85.1 Å². The number of rotatable bonds is 3. The lowest BCUT2D eigenvalue weighted by Gasteiger charge is -2.06. The number of para-hydroxylation sites is 2. The van der Waals surface area contributed by atoms with Crippen LogP contribution in [-0.4, -0.2) is 4.98 Å². The van der Waals surface area contributed by atoms with E-state index in [1.165, 1.54) is 16.6 Å². The van der Waals surface area contributed by atoms with Crippen molar-refractivity contribution in [2.24, 2.45) is 0 Å². The molecule has 0 unspecified atom stereocenters. The molecule has 116 valence electrons. The molecular weight excluding hydrogens is 292 g/mol. The van der Waals surface area contributed by atoms with E-state index in [1.54, 1.807) is 0 Å². The average Bonchev–Trinajstić information content (AvgIpc) is 2.68. The molecular formula is C22H19N2+. The quantitative estimate of drug-likeness (QED) is 0.493. The number of aryl methyl sites for hydroxylation is 1. The van der Waals surface area contributed by atoms with Gasteiger partial charge in [-0.25, -0.2) is 4.98 Å². The van der Waals surface area contributed by atoms with E-state index in [-0.39, 0.29) is 0 Å². The minimum atomic E-state index is 0.925. The van der Waals surface area contributed by atoms with E-state index in [9.17, 15) is 0 Å². The maximum Gasteiger partial charge on any atom is 0.231 e. The lowest BCUT2D eigenvalue weighted by atomic mass is 10.0. The van der Waals surface area contributed by atoms with Crippen molar-refractivity contribution in [2.75, 3.05) is 0 Å². The Hall–Kier alpha value is -3.00. The molecule has 0 radical (unpaired) electrons. The molecule has 0 aliphatic heterocycles. The van der Waals surface area contributed by atoms with E-state index in [2.05, 4.69) is 84.4 Å². The van der Waals surface area contributed by atoms with Crippen LogP contribution in [0.5, 0.6) is 0 Å². The van der Waals surface area contributed by atoms with E-state index in [1.807, 2.05) is 12.1 Å². The number of hydrogen-bond donors (Lipinski definition) is 0. The van der Waals surface area contributed by atoms with Gasteiger partial charge in [0, 0.05) is 11.6 Å². The molecule has 4 rings (SSSR count).